The zero-order valence-electron chi connectivity index (χ0n) is 20.5. The number of thiazole rings is 1. The number of halogens is 1. The summed E-state index contributed by atoms with van der Waals surface area (Å²) in [6.07, 6.45) is 0. The first-order valence-corrected chi connectivity index (χ1v) is 12.4. The Hall–Kier alpha value is -3.49. The summed E-state index contributed by atoms with van der Waals surface area (Å²) >= 11 is 6.95. The normalized spacial score (nSPS) is 17.5. The number of amides is 1. The fourth-order valence-corrected chi connectivity index (χ4v) is 5.18. The van der Waals surface area contributed by atoms with Crippen LogP contribution in [-0.2, 0) is 19.7 Å². The third kappa shape index (κ3) is 4.54. The summed E-state index contributed by atoms with van der Waals surface area (Å²) in [5.41, 5.74) is 2.23. The molecule has 36 heavy (non-hydrogen) atoms. The number of carbonyl (C=O) groups is 3. The van der Waals surface area contributed by atoms with E-state index >= 15 is 0 Å². The fourth-order valence-electron chi connectivity index (χ4n) is 4.04. The Balaban J connectivity index is 1.93. The molecule has 0 bridgehead atoms. The maximum Gasteiger partial charge on any atom is 0.350 e. The highest BCUT2D eigenvalue weighted by molar-refractivity contribution is 7.17. The first-order chi connectivity index (χ1) is 16.9. The topological polar surface area (TPSA) is 96.8 Å². The molecule has 0 aliphatic carbocycles. The number of hydrogen-bond donors (Lipinski definition) is 1. The summed E-state index contributed by atoms with van der Waals surface area (Å²) in [4.78, 5) is 44.7. The van der Waals surface area contributed by atoms with Crippen LogP contribution in [0.15, 0.2) is 54.1 Å². The number of aliphatic hydroxyl groups is 1. The van der Waals surface area contributed by atoms with Gasteiger partial charge in [-0.3, -0.25) is 14.5 Å². The smallest absolute Gasteiger partial charge is 0.350 e. The Morgan fingerprint density at radius 3 is 2.25 bits per heavy atom. The number of aromatic nitrogens is 1. The highest BCUT2D eigenvalue weighted by Crippen LogP contribution is 2.44. The molecule has 1 aliphatic heterocycles. The van der Waals surface area contributed by atoms with Crippen LogP contribution < -0.4 is 4.90 Å². The van der Waals surface area contributed by atoms with Gasteiger partial charge in [-0.25, -0.2) is 9.78 Å². The van der Waals surface area contributed by atoms with E-state index in [-0.39, 0.29) is 26.8 Å². The number of Topliss-reactive ketones (excluding diaryl/α,β-unsaturated/α-hetero) is 1. The second kappa shape index (κ2) is 9.52. The summed E-state index contributed by atoms with van der Waals surface area (Å²) in [5, 5.41) is 11.8. The van der Waals surface area contributed by atoms with Crippen LogP contribution in [0.3, 0.4) is 0 Å². The highest BCUT2D eigenvalue weighted by atomic mass is 35.5. The van der Waals surface area contributed by atoms with Crippen LogP contribution in [0, 0.1) is 6.92 Å². The number of ketones is 1. The molecule has 7 nitrogen and oxygen atoms in total. The molecule has 0 radical (unpaired) electrons. The van der Waals surface area contributed by atoms with Gasteiger partial charge in [0.15, 0.2) is 5.13 Å². The van der Waals surface area contributed by atoms with E-state index in [1.54, 1.807) is 31.2 Å². The molecule has 1 saturated heterocycles. The number of aryl methyl sites for hydroxylation is 1. The summed E-state index contributed by atoms with van der Waals surface area (Å²) in [6.45, 7) is 7.88. The van der Waals surface area contributed by atoms with Crippen molar-refractivity contribution >= 4 is 51.5 Å². The van der Waals surface area contributed by atoms with Crippen molar-refractivity contribution in [2.75, 3.05) is 12.0 Å². The van der Waals surface area contributed by atoms with E-state index in [1.165, 1.54) is 12.0 Å². The minimum atomic E-state index is -0.953. The Kier molecular flexibility index (Phi) is 6.77. The standard InChI is InChI=1S/C27H25ClN2O5S/c1-14-23(25(34)35-5)36-26(29-14)30-20(15-6-10-17(11-7-15)27(2,3)4)19(22(32)24(30)33)21(31)16-8-12-18(28)13-9-16/h6-13,20,31H,1-5H3/b21-19+. The van der Waals surface area contributed by atoms with Crippen molar-refractivity contribution in [2.24, 2.45) is 0 Å². The van der Waals surface area contributed by atoms with Crippen LogP contribution in [0.5, 0.6) is 0 Å². The number of ether oxygens (including phenoxy) is 1. The Bertz CT molecular complexity index is 1390. The maximum absolute atomic E-state index is 13.3. The van der Waals surface area contributed by atoms with E-state index in [0.29, 0.717) is 21.8 Å². The SMILES string of the molecule is COC(=O)c1sc(N2C(=O)C(=O)/C(=C(/O)c3ccc(Cl)cc3)C2c2ccc(C(C)(C)C)cc2)nc1C. The van der Waals surface area contributed by atoms with Crippen molar-refractivity contribution in [3.63, 3.8) is 0 Å². The molecule has 0 saturated carbocycles. The van der Waals surface area contributed by atoms with Gasteiger partial charge in [0.25, 0.3) is 5.78 Å². The average molecular weight is 525 g/mol. The van der Waals surface area contributed by atoms with E-state index in [4.69, 9.17) is 16.3 Å². The molecular weight excluding hydrogens is 500 g/mol. The summed E-state index contributed by atoms with van der Waals surface area (Å²) < 4.78 is 4.83. The molecule has 4 rings (SSSR count). The lowest BCUT2D eigenvalue weighted by Gasteiger charge is -2.24. The molecular formula is C27H25ClN2O5S. The van der Waals surface area contributed by atoms with E-state index in [9.17, 15) is 19.5 Å². The van der Waals surface area contributed by atoms with Gasteiger partial charge in [0.1, 0.15) is 10.6 Å². The quantitative estimate of drug-likeness (QED) is 0.200. The van der Waals surface area contributed by atoms with Crippen LogP contribution in [0.25, 0.3) is 5.76 Å². The largest absolute Gasteiger partial charge is 0.507 e. The second-order valence-corrected chi connectivity index (χ2v) is 10.9. The van der Waals surface area contributed by atoms with Crippen LogP contribution in [0.1, 0.15) is 58.9 Å². The highest BCUT2D eigenvalue weighted by Gasteiger charge is 2.48. The van der Waals surface area contributed by atoms with E-state index in [2.05, 4.69) is 25.8 Å². The van der Waals surface area contributed by atoms with Crippen LogP contribution >= 0.6 is 22.9 Å². The Labute approximate surface area is 218 Å². The van der Waals surface area contributed by atoms with Gasteiger partial charge in [-0.1, -0.05) is 68.0 Å². The molecule has 186 valence electrons. The predicted molar refractivity (Wildman–Crippen MR) is 140 cm³/mol. The first kappa shape index (κ1) is 25.6. The van der Waals surface area contributed by atoms with Crippen LogP contribution in [-0.4, -0.2) is 34.9 Å². The average Bonchev–Trinajstić information content (AvgIpc) is 3.35. The van der Waals surface area contributed by atoms with Crippen molar-refractivity contribution in [1.82, 2.24) is 4.98 Å². The van der Waals surface area contributed by atoms with E-state index in [0.717, 1.165) is 16.9 Å². The van der Waals surface area contributed by atoms with Crippen molar-refractivity contribution in [3.8, 4) is 0 Å². The molecule has 1 unspecified atom stereocenters. The summed E-state index contributed by atoms with van der Waals surface area (Å²) in [7, 11) is 1.26. The number of aliphatic hydroxyl groups excluding tert-OH is 1. The molecule has 1 atom stereocenters. The minimum absolute atomic E-state index is 0.0710. The Morgan fingerprint density at radius 2 is 1.69 bits per heavy atom. The van der Waals surface area contributed by atoms with Crippen LogP contribution in [0.2, 0.25) is 5.02 Å². The molecule has 3 aromatic rings. The lowest BCUT2D eigenvalue weighted by atomic mass is 9.85. The molecule has 9 heteroatoms. The third-order valence-electron chi connectivity index (χ3n) is 6.02. The molecule has 1 aliphatic rings. The van der Waals surface area contributed by atoms with Gasteiger partial charge >= 0.3 is 11.9 Å². The van der Waals surface area contributed by atoms with Gasteiger partial charge in [-0.2, -0.15) is 0 Å². The number of nitrogens with zero attached hydrogens (tertiary/aromatic N) is 2. The van der Waals surface area contributed by atoms with Crippen molar-refractivity contribution < 1.29 is 24.2 Å². The molecule has 1 fully saturated rings. The van der Waals surface area contributed by atoms with Gasteiger partial charge in [-0.05, 0) is 47.7 Å². The number of anilines is 1. The van der Waals surface area contributed by atoms with Crippen molar-refractivity contribution in [2.45, 2.75) is 39.2 Å². The van der Waals surface area contributed by atoms with Gasteiger partial charge in [0.2, 0.25) is 0 Å². The van der Waals surface area contributed by atoms with Gasteiger partial charge in [0.05, 0.1) is 24.4 Å². The zero-order chi connectivity index (χ0) is 26.4. The summed E-state index contributed by atoms with van der Waals surface area (Å²) in [6, 6.07) is 12.9. The first-order valence-electron chi connectivity index (χ1n) is 11.2. The number of hydrogen-bond acceptors (Lipinski definition) is 7. The van der Waals surface area contributed by atoms with Gasteiger partial charge in [0, 0.05) is 10.6 Å². The molecule has 1 N–H and O–H groups in total. The minimum Gasteiger partial charge on any atom is -0.507 e. The lowest BCUT2D eigenvalue weighted by molar-refractivity contribution is -0.132. The van der Waals surface area contributed by atoms with E-state index < -0.39 is 23.7 Å². The third-order valence-corrected chi connectivity index (χ3v) is 7.41. The number of esters is 1. The predicted octanol–water partition coefficient (Wildman–Crippen LogP) is 5.82. The van der Waals surface area contributed by atoms with Crippen molar-refractivity contribution in [3.05, 3.63) is 86.4 Å². The monoisotopic (exact) mass is 524 g/mol. The number of carbonyl (C=O) groups excluding carboxylic acids is 3. The second-order valence-electron chi connectivity index (χ2n) is 9.45. The number of benzene rings is 2. The lowest BCUT2D eigenvalue weighted by Crippen LogP contribution is -2.29. The number of rotatable bonds is 4. The van der Waals surface area contributed by atoms with E-state index in [1.807, 2.05) is 24.3 Å². The van der Waals surface area contributed by atoms with Crippen LogP contribution in [0.4, 0.5) is 5.13 Å². The molecule has 1 aromatic heterocycles. The zero-order valence-corrected chi connectivity index (χ0v) is 22.0. The Morgan fingerprint density at radius 1 is 1.08 bits per heavy atom. The fraction of sp³-hybridized carbons (Fsp3) is 0.259. The van der Waals surface area contributed by atoms with Crippen molar-refractivity contribution in [1.29, 1.82) is 0 Å². The van der Waals surface area contributed by atoms with Gasteiger partial charge < -0.3 is 9.84 Å². The summed E-state index contributed by atoms with van der Waals surface area (Å²) in [5.74, 6) is -2.60. The molecule has 1 amide bonds. The maximum atomic E-state index is 13.3. The molecule has 2 aromatic carbocycles. The molecule has 0 spiro atoms. The molecule has 2 heterocycles. The number of methoxy groups -OCH3 is 1. The van der Waals surface area contributed by atoms with Gasteiger partial charge in [-0.15, -0.1) is 0 Å².